The van der Waals surface area contributed by atoms with Crippen LogP contribution in [0.4, 0.5) is 18.9 Å². The second kappa shape index (κ2) is 6.13. The molecular formula is C13H15F3N2O3. The molecule has 0 saturated carbocycles. The van der Waals surface area contributed by atoms with E-state index in [0.717, 1.165) is 4.90 Å². The van der Waals surface area contributed by atoms with Crippen molar-refractivity contribution in [2.75, 3.05) is 11.4 Å². The normalized spacial score (nSPS) is 14.3. The molecule has 1 rings (SSSR count). The third-order valence-corrected chi connectivity index (χ3v) is 2.90. The Labute approximate surface area is 119 Å². The highest BCUT2D eigenvalue weighted by Crippen LogP contribution is 2.31. The number of halogens is 3. The molecule has 0 aliphatic rings. The first-order valence-electron chi connectivity index (χ1n) is 6.02. The Hall–Kier alpha value is -2.09. The van der Waals surface area contributed by atoms with E-state index in [2.05, 4.69) is 0 Å². The molecule has 0 aromatic heterocycles. The van der Waals surface area contributed by atoms with Crippen LogP contribution in [0.25, 0.3) is 0 Å². The van der Waals surface area contributed by atoms with E-state index in [0.29, 0.717) is 6.92 Å². The number of carbonyl (C=O) groups is 2. The zero-order valence-electron chi connectivity index (χ0n) is 11.2. The molecule has 1 aromatic carbocycles. The Morgan fingerprint density at radius 2 is 1.76 bits per heavy atom. The van der Waals surface area contributed by atoms with Crippen LogP contribution < -0.4 is 10.6 Å². The molecule has 116 valence electrons. The predicted molar refractivity (Wildman–Crippen MR) is 69.7 cm³/mol. The molecule has 0 spiro atoms. The monoisotopic (exact) mass is 304 g/mol. The average molecular weight is 304 g/mol. The van der Waals surface area contributed by atoms with E-state index < -0.39 is 36.6 Å². The molecule has 1 aromatic rings. The Morgan fingerprint density at radius 1 is 1.24 bits per heavy atom. The van der Waals surface area contributed by atoms with Crippen LogP contribution in [0, 0.1) is 0 Å². The Bertz CT molecular complexity index is 515. The van der Waals surface area contributed by atoms with Gasteiger partial charge in [-0.15, -0.1) is 0 Å². The van der Waals surface area contributed by atoms with Crippen molar-refractivity contribution in [3.05, 3.63) is 30.3 Å². The number of rotatable bonds is 5. The number of alkyl halides is 3. The van der Waals surface area contributed by atoms with Crippen molar-refractivity contribution in [3.63, 3.8) is 0 Å². The average Bonchev–Trinajstić information content (AvgIpc) is 2.38. The SMILES string of the molecule is CC(N)(C(=O)N(CCC(=O)O)c1ccccc1)C(F)(F)F. The van der Waals surface area contributed by atoms with Crippen LogP contribution in [-0.4, -0.2) is 35.2 Å². The summed E-state index contributed by atoms with van der Waals surface area (Å²) in [5, 5.41) is 8.66. The lowest BCUT2D eigenvalue weighted by atomic mass is 10.0. The summed E-state index contributed by atoms with van der Waals surface area (Å²) >= 11 is 0. The van der Waals surface area contributed by atoms with Gasteiger partial charge in [-0.1, -0.05) is 18.2 Å². The molecule has 3 N–H and O–H groups in total. The van der Waals surface area contributed by atoms with Crippen molar-refractivity contribution >= 4 is 17.6 Å². The fourth-order valence-electron chi connectivity index (χ4n) is 1.56. The molecule has 1 unspecified atom stereocenters. The molecule has 0 fully saturated rings. The van der Waals surface area contributed by atoms with Gasteiger partial charge < -0.3 is 15.7 Å². The van der Waals surface area contributed by atoms with Crippen molar-refractivity contribution in [1.82, 2.24) is 0 Å². The smallest absolute Gasteiger partial charge is 0.415 e. The van der Waals surface area contributed by atoms with Crippen LogP contribution >= 0.6 is 0 Å². The van der Waals surface area contributed by atoms with Crippen molar-refractivity contribution in [2.24, 2.45) is 5.73 Å². The summed E-state index contributed by atoms with van der Waals surface area (Å²) in [6, 6.07) is 7.49. The van der Waals surface area contributed by atoms with Crippen LogP contribution in [0.15, 0.2) is 30.3 Å². The number of anilines is 1. The molecule has 0 saturated heterocycles. The molecule has 0 radical (unpaired) electrons. The number of hydrogen-bond donors (Lipinski definition) is 2. The van der Waals surface area contributed by atoms with Gasteiger partial charge >= 0.3 is 12.1 Å². The molecule has 8 heteroatoms. The highest BCUT2D eigenvalue weighted by Gasteiger charge is 2.55. The summed E-state index contributed by atoms with van der Waals surface area (Å²) in [6.07, 6.45) is -5.44. The van der Waals surface area contributed by atoms with Crippen LogP contribution in [0.2, 0.25) is 0 Å². The summed E-state index contributed by atoms with van der Waals surface area (Å²) in [6.45, 7) is 0.160. The first kappa shape index (κ1) is 17.0. The van der Waals surface area contributed by atoms with Gasteiger partial charge in [0.2, 0.25) is 0 Å². The van der Waals surface area contributed by atoms with Crippen molar-refractivity contribution < 1.29 is 27.9 Å². The first-order chi connectivity index (χ1) is 9.57. The molecule has 0 aliphatic heterocycles. The summed E-state index contributed by atoms with van der Waals surface area (Å²) in [5.41, 5.74) is 2.18. The summed E-state index contributed by atoms with van der Waals surface area (Å²) in [4.78, 5) is 23.5. The number of nitrogens with zero attached hydrogens (tertiary/aromatic N) is 1. The van der Waals surface area contributed by atoms with E-state index in [1.54, 1.807) is 6.07 Å². The van der Waals surface area contributed by atoms with Gasteiger partial charge in [-0.3, -0.25) is 9.59 Å². The van der Waals surface area contributed by atoms with Crippen LogP contribution in [-0.2, 0) is 9.59 Å². The highest BCUT2D eigenvalue weighted by molar-refractivity contribution is 6.00. The maximum absolute atomic E-state index is 12.9. The first-order valence-corrected chi connectivity index (χ1v) is 6.02. The Balaban J connectivity index is 3.13. The number of nitrogens with two attached hydrogens (primary N) is 1. The quantitative estimate of drug-likeness (QED) is 0.868. The van der Waals surface area contributed by atoms with E-state index in [1.807, 2.05) is 0 Å². The molecule has 0 aliphatic carbocycles. The maximum Gasteiger partial charge on any atom is 0.415 e. The van der Waals surface area contributed by atoms with Gasteiger partial charge in [0, 0.05) is 12.2 Å². The molecule has 0 bridgehead atoms. The molecular weight excluding hydrogens is 289 g/mol. The largest absolute Gasteiger partial charge is 0.481 e. The van der Waals surface area contributed by atoms with Crippen molar-refractivity contribution in [1.29, 1.82) is 0 Å². The van der Waals surface area contributed by atoms with Crippen LogP contribution in [0.3, 0.4) is 0 Å². The van der Waals surface area contributed by atoms with Gasteiger partial charge in [0.25, 0.3) is 5.91 Å². The van der Waals surface area contributed by atoms with Crippen LogP contribution in [0.1, 0.15) is 13.3 Å². The topological polar surface area (TPSA) is 83.6 Å². The Morgan fingerprint density at radius 3 is 2.19 bits per heavy atom. The van der Waals surface area contributed by atoms with Gasteiger partial charge in [0.15, 0.2) is 5.54 Å². The van der Waals surface area contributed by atoms with Gasteiger partial charge in [-0.2, -0.15) is 13.2 Å². The second-order valence-electron chi connectivity index (χ2n) is 4.64. The number of carboxylic acids is 1. The lowest BCUT2D eigenvalue weighted by molar-refractivity contribution is -0.185. The minimum absolute atomic E-state index is 0.157. The van der Waals surface area contributed by atoms with Crippen LogP contribution in [0.5, 0.6) is 0 Å². The van der Waals surface area contributed by atoms with Gasteiger partial charge in [0.05, 0.1) is 6.42 Å². The van der Waals surface area contributed by atoms with Gasteiger partial charge in [-0.05, 0) is 19.1 Å². The lowest BCUT2D eigenvalue weighted by Gasteiger charge is -2.32. The van der Waals surface area contributed by atoms with E-state index in [9.17, 15) is 22.8 Å². The number of aliphatic carboxylic acids is 1. The maximum atomic E-state index is 12.9. The molecule has 1 amide bonds. The molecule has 21 heavy (non-hydrogen) atoms. The standard InChI is InChI=1S/C13H15F3N2O3/c1-12(17,13(14,15)16)11(21)18(8-7-10(19)20)9-5-3-2-4-6-9/h2-6H,7-8,17H2,1H3,(H,19,20). The van der Waals surface area contributed by atoms with Crippen molar-refractivity contribution in [2.45, 2.75) is 25.1 Å². The van der Waals surface area contributed by atoms with E-state index >= 15 is 0 Å². The van der Waals surface area contributed by atoms with E-state index in [4.69, 9.17) is 10.8 Å². The summed E-state index contributed by atoms with van der Waals surface area (Å²) < 4.78 is 38.6. The second-order valence-corrected chi connectivity index (χ2v) is 4.64. The minimum Gasteiger partial charge on any atom is -0.481 e. The van der Waals surface area contributed by atoms with Gasteiger partial charge in [0.1, 0.15) is 0 Å². The number of amides is 1. The Kier molecular flexibility index (Phi) is 4.95. The minimum atomic E-state index is -4.94. The zero-order valence-corrected chi connectivity index (χ0v) is 11.2. The van der Waals surface area contributed by atoms with E-state index in [-0.39, 0.29) is 5.69 Å². The third kappa shape index (κ3) is 3.94. The summed E-state index contributed by atoms with van der Waals surface area (Å²) in [7, 11) is 0. The number of benzene rings is 1. The third-order valence-electron chi connectivity index (χ3n) is 2.90. The van der Waals surface area contributed by atoms with Gasteiger partial charge in [-0.25, -0.2) is 0 Å². The number of hydrogen-bond acceptors (Lipinski definition) is 3. The molecule has 5 nitrogen and oxygen atoms in total. The number of para-hydroxylation sites is 1. The number of carboxylic acid groups (broad SMARTS) is 1. The predicted octanol–water partition coefficient (Wildman–Crippen LogP) is 1.77. The number of carbonyl (C=O) groups excluding carboxylic acids is 1. The molecule has 0 heterocycles. The zero-order chi connectivity index (χ0) is 16.3. The van der Waals surface area contributed by atoms with Crippen molar-refractivity contribution in [3.8, 4) is 0 Å². The fraction of sp³-hybridized carbons (Fsp3) is 0.385. The summed E-state index contributed by atoms with van der Waals surface area (Å²) in [5.74, 6) is -2.63. The van der Waals surface area contributed by atoms with E-state index in [1.165, 1.54) is 24.3 Å². The fourth-order valence-corrected chi connectivity index (χ4v) is 1.56. The highest BCUT2D eigenvalue weighted by atomic mass is 19.4. The molecule has 1 atom stereocenters. The lowest BCUT2D eigenvalue weighted by Crippen LogP contribution is -2.62.